The van der Waals surface area contributed by atoms with Crippen LogP contribution < -0.4 is 10.6 Å². The maximum atomic E-state index is 11.8. The van der Waals surface area contributed by atoms with Gasteiger partial charge in [0.1, 0.15) is 0 Å². The molecule has 7 heteroatoms. The van der Waals surface area contributed by atoms with E-state index >= 15 is 0 Å². The molecule has 0 fully saturated rings. The van der Waals surface area contributed by atoms with Gasteiger partial charge in [-0.15, -0.1) is 0 Å². The van der Waals surface area contributed by atoms with Crippen molar-refractivity contribution in [3.63, 3.8) is 0 Å². The molecular formula is C17H16ClN5O. The number of amides is 2. The Morgan fingerprint density at radius 3 is 2.88 bits per heavy atom. The molecule has 1 aromatic carbocycles. The zero-order chi connectivity index (χ0) is 16.8. The van der Waals surface area contributed by atoms with Crippen molar-refractivity contribution in [3.05, 3.63) is 66.2 Å². The second-order valence-electron chi connectivity index (χ2n) is 5.13. The highest BCUT2D eigenvalue weighted by atomic mass is 35.5. The number of halogens is 1. The summed E-state index contributed by atoms with van der Waals surface area (Å²) in [5, 5.41) is 10.4. The fourth-order valence-corrected chi connectivity index (χ4v) is 2.38. The molecule has 3 rings (SSSR count). The van der Waals surface area contributed by atoms with E-state index in [2.05, 4.69) is 20.7 Å². The van der Waals surface area contributed by atoms with Gasteiger partial charge in [-0.2, -0.15) is 5.10 Å². The van der Waals surface area contributed by atoms with Crippen LogP contribution in [-0.4, -0.2) is 27.3 Å². The molecule has 122 valence electrons. The highest BCUT2D eigenvalue weighted by Gasteiger charge is 2.04. The minimum absolute atomic E-state index is 0.281. The SMILES string of the molecule is O=C(NCCn1cc(-c2cccnc2)cn1)Nc1cccc(Cl)c1. The number of nitrogens with zero attached hydrogens (tertiary/aromatic N) is 3. The molecule has 3 aromatic rings. The molecule has 0 spiro atoms. The topological polar surface area (TPSA) is 71.8 Å². The van der Waals surface area contributed by atoms with Crippen LogP contribution >= 0.6 is 11.6 Å². The van der Waals surface area contributed by atoms with Gasteiger partial charge < -0.3 is 10.6 Å². The minimum Gasteiger partial charge on any atom is -0.336 e. The normalized spacial score (nSPS) is 10.4. The molecule has 0 unspecified atom stereocenters. The first kappa shape index (κ1) is 16.0. The van der Waals surface area contributed by atoms with E-state index in [1.54, 1.807) is 47.5 Å². The fraction of sp³-hybridized carbons (Fsp3) is 0.118. The number of hydrogen-bond acceptors (Lipinski definition) is 3. The Kier molecular flexibility index (Phi) is 5.08. The number of benzene rings is 1. The third-order valence-electron chi connectivity index (χ3n) is 3.34. The van der Waals surface area contributed by atoms with Gasteiger partial charge in [0.05, 0.1) is 12.7 Å². The number of carbonyl (C=O) groups excluding carboxylic acids is 1. The third kappa shape index (κ3) is 4.33. The predicted molar refractivity (Wildman–Crippen MR) is 93.9 cm³/mol. The molecule has 0 radical (unpaired) electrons. The molecule has 2 N–H and O–H groups in total. The van der Waals surface area contributed by atoms with Gasteiger partial charge in [-0.25, -0.2) is 4.79 Å². The number of urea groups is 1. The average molecular weight is 342 g/mol. The summed E-state index contributed by atoms with van der Waals surface area (Å²) in [4.78, 5) is 15.9. The van der Waals surface area contributed by atoms with Crippen LogP contribution in [0, 0.1) is 0 Å². The van der Waals surface area contributed by atoms with Crippen LogP contribution in [0.3, 0.4) is 0 Å². The van der Waals surface area contributed by atoms with Crippen LogP contribution in [0.1, 0.15) is 0 Å². The summed E-state index contributed by atoms with van der Waals surface area (Å²) in [5.41, 5.74) is 2.65. The second kappa shape index (κ2) is 7.61. The first-order valence-corrected chi connectivity index (χ1v) is 7.82. The van der Waals surface area contributed by atoms with Crippen LogP contribution in [0.25, 0.3) is 11.1 Å². The van der Waals surface area contributed by atoms with E-state index in [-0.39, 0.29) is 6.03 Å². The summed E-state index contributed by atoms with van der Waals surface area (Å²) in [6.07, 6.45) is 7.23. The Morgan fingerprint density at radius 2 is 2.08 bits per heavy atom. The van der Waals surface area contributed by atoms with Gasteiger partial charge in [-0.1, -0.05) is 23.7 Å². The van der Waals surface area contributed by atoms with Crippen molar-refractivity contribution in [1.82, 2.24) is 20.1 Å². The zero-order valence-corrected chi connectivity index (χ0v) is 13.6. The lowest BCUT2D eigenvalue weighted by Crippen LogP contribution is -2.31. The smallest absolute Gasteiger partial charge is 0.319 e. The van der Waals surface area contributed by atoms with Gasteiger partial charge in [0.2, 0.25) is 0 Å². The van der Waals surface area contributed by atoms with Gasteiger partial charge in [0.25, 0.3) is 0 Å². The number of anilines is 1. The van der Waals surface area contributed by atoms with Crippen molar-refractivity contribution in [2.75, 3.05) is 11.9 Å². The van der Waals surface area contributed by atoms with Crippen molar-refractivity contribution in [2.24, 2.45) is 0 Å². The highest BCUT2D eigenvalue weighted by molar-refractivity contribution is 6.30. The van der Waals surface area contributed by atoms with Crippen LogP contribution in [0.5, 0.6) is 0 Å². The molecule has 2 amide bonds. The molecule has 0 atom stereocenters. The summed E-state index contributed by atoms with van der Waals surface area (Å²) in [6.45, 7) is 1.03. The fourth-order valence-electron chi connectivity index (χ4n) is 2.19. The van der Waals surface area contributed by atoms with E-state index in [1.807, 2.05) is 18.3 Å². The molecule has 6 nitrogen and oxygen atoms in total. The quantitative estimate of drug-likeness (QED) is 0.747. The van der Waals surface area contributed by atoms with E-state index in [0.29, 0.717) is 23.8 Å². The Morgan fingerprint density at radius 1 is 1.17 bits per heavy atom. The van der Waals surface area contributed by atoms with Gasteiger partial charge in [0, 0.05) is 47.0 Å². The maximum Gasteiger partial charge on any atom is 0.319 e. The summed E-state index contributed by atoms with van der Waals surface area (Å²) in [7, 11) is 0. The lowest BCUT2D eigenvalue weighted by atomic mass is 10.2. The average Bonchev–Trinajstić information content (AvgIpc) is 3.04. The van der Waals surface area contributed by atoms with Gasteiger partial charge >= 0.3 is 6.03 Å². The number of hydrogen-bond donors (Lipinski definition) is 2. The molecule has 0 aliphatic heterocycles. The lowest BCUT2D eigenvalue weighted by molar-refractivity contribution is 0.251. The third-order valence-corrected chi connectivity index (χ3v) is 3.57. The first-order valence-electron chi connectivity index (χ1n) is 7.44. The summed E-state index contributed by atoms with van der Waals surface area (Å²) in [6, 6.07) is 10.6. The van der Waals surface area contributed by atoms with Crippen LogP contribution in [-0.2, 0) is 6.54 Å². The van der Waals surface area contributed by atoms with Gasteiger partial charge in [0.15, 0.2) is 0 Å². The number of pyridine rings is 1. The molecular weight excluding hydrogens is 326 g/mol. The van der Waals surface area contributed by atoms with Crippen molar-refractivity contribution >= 4 is 23.3 Å². The number of nitrogens with one attached hydrogen (secondary N) is 2. The first-order chi connectivity index (χ1) is 11.7. The molecule has 2 heterocycles. The van der Waals surface area contributed by atoms with E-state index < -0.39 is 0 Å². The van der Waals surface area contributed by atoms with Crippen molar-refractivity contribution in [3.8, 4) is 11.1 Å². The summed E-state index contributed by atoms with van der Waals surface area (Å²) >= 11 is 5.88. The monoisotopic (exact) mass is 341 g/mol. The molecule has 0 saturated carbocycles. The number of aromatic nitrogens is 3. The standard InChI is InChI=1S/C17H16ClN5O/c18-15-4-1-5-16(9-15)22-17(24)20-7-8-23-12-14(11-21-23)13-3-2-6-19-10-13/h1-6,9-12H,7-8H2,(H2,20,22,24). The van der Waals surface area contributed by atoms with Crippen LogP contribution in [0.15, 0.2) is 61.2 Å². The summed E-state index contributed by atoms with van der Waals surface area (Å²) in [5.74, 6) is 0. The van der Waals surface area contributed by atoms with E-state index in [9.17, 15) is 4.79 Å². The molecule has 2 aromatic heterocycles. The van der Waals surface area contributed by atoms with Crippen molar-refractivity contribution in [2.45, 2.75) is 6.54 Å². The van der Waals surface area contributed by atoms with Gasteiger partial charge in [-0.3, -0.25) is 9.67 Å². The molecule has 0 aliphatic carbocycles. The molecule has 24 heavy (non-hydrogen) atoms. The van der Waals surface area contributed by atoms with Crippen molar-refractivity contribution in [1.29, 1.82) is 0 Å². The summed E-state index contributed by atoms with van der Waals surface area (Å²) < 4.78 is 1.78. The maximum absolute atomic E-state index is 11.8. The Labute approximate surface area is 144 Å². The Bertz CT molecular complexity index is 819. The van der Waals surface area contributed by atoms with E-state index in [4.69, 9.17) is 11.6 Å². The van der Waals surface area contributed by atoms with Crippen LogP contribution in [0.2, 0.25) is 5.02 Å². The predicted octanol–water partition coefficient (Wildman–Crippen LogP) is 3.42. The highest BCUT2D eigenvalue weighted by Crippen LogP contribution is 2.16. The zero-order valence-electron chi connectivity index (χ0n) is 12.8. The minimum atomic E-state index is -0.281. The molecule has 0 bridgehead atoms. The van der Waals surface area contributed by atoms with Crippen LogP contribution in [0.4, 0.5) is 10.5 Å². The van der Waals surface area contributed by atoms with E-state index in [1.165, 1.54) is 0 Å². The number of carbonyl (C=O) groups is 1. The molecule has 0 aliphatic rings. The molecule has 0 saturated heterocycles. The Hall–Kier alpha value is -2.86. The number of rotatable bonds is 5. The Balaban J connectivity index is 1.48. The second-order valence-corrected chi connectivity index (χ2v) is 5.56. The van der Waals surface area contributed by atoms with Crippen molar-refractivity contribution < 1.29 is 4.79 Å². The van der Waals surface area contributed by atoms with E-state index in [0.717, 1.165) is 11.1 Å². The largest absolute Gasteiger partial charge is 0.336 e. The van der Waals surface area contributed by atoms with Gasteiger partial charge in [-0.05, 0) is 24.3 Å². The lowest BCUT2D eigenvalue weighted by Gasteiger charge is -2.08.